The number of likely N-dealkylation sites (tertiary alicyclic amines) is 1. The molecule has 0 N–H and O–H groups in total. The molecule has 0 spiro atoms. The van der Waals surface area contributed by atoms with Crippen LogP contribution in [0.4, 0.5) is 14.9 Å². The molecule has 4 atom stereocenters. The van der Waals surface area contributed by atoms with E-state index in [0.29, 0.717) is 16.8 Å². The Morgan fingerprint density at radius 1 is 1.18 bits per heavy atom. The van der Waals surface area contributed by atoms with Gasteiger partial charge in [0.2, 0.25) is 0 Å². The predicted octanol–water partition coefficient (Wildman–Crippen LogP) is 6.28. The van der Waals surface area contributed by atoms with Gasteiger partial charge in [-0.2, -0.15) is 9.62 Å². The number of rotatable bonds is 7. The Kier molecular flexibility index (Phi) is 8.17. The lowest BCUT2D eigenvalue weighted by atomic mass is 9.87. The third kappa shape index (κ3) is 7.04. The van der Waals surface area contributed by atoms with Crippen molar-refractivity contribution in [1.82, 2.24) is 4.90 Å². The number of carbonyl (C=O) groups excluding carboxylic acids is 2. The van der Waals surface area contributed by atoms with E-state index in [-0.39, 0.29) is 30.6 Å². The van der Waals surface area contributed by atoms with E-state index >= 15 is 4.39 Å². The monoisotopic (exact) mass is 553 g/mol. The largest absolute Gasteiger partial charge is 0.444 e. The van der Waals surface area contributed by atoms with Crippen molar-refractivity contribution in [3.63, 3.8) is 0 Å². The van der Waals surface area contributed by atoms with Gasteiger partial charge in [-0.15, -0.1) is 0 Å². The molecule has 208 valence electrons. The first-order valence-corrected chi connectivity index (χ1v) is 15.6. The Morgan fingerprint density at radius 2 is 1.90 bits per heavy atom. The molecule has 0 aromatic heterocycles. The second-order valence-electron chi connectivity index (χ2n) is 11.9. The van der Waals surface area contributed by atoms with Crippen LogP contribution >= 0.6 is 0 Å². The number of amides is 1. The first-order valence-electron chi connectivity index (χ1n) is 13.2. The molecule has 2 aliphatic rings. The van der Waals surface area contributed by atoms with Crippen LogP contribution in [-0.2, 0) is 25.7 Å². The molecular formula is C30H36FN3O4S. The minimum atomic E-state index is -2.33. The molecule has 1 saturated heterocycles. The molecule has 1 heterocycles. The molecule has 4 rings (SSSR count). The van der Waals surface area contributed by atoms with Gasteiger partial charge in [0.1, 0.15) is 11.4 Å². The van der Waals surface area contributed by atoms with E-state index in [4.69, 9.17) is 4.74 Å². The topological polar surface area (TPSA) is 99.8 Å². The molecule has 0 unspecified atom stereocenters. The summed E-state index contributed by atoms with van der Waals surface area (Å²) in [6.45, 7) is 5.38. The molecule has 1 amide bonds. The van der Waals surface area contributed by atoms with Gasteiger partial charge in [-0.3, -0.25) is 9.69 Å². The van der Waals surface area contributed by atoms with Gasteiger partial charge in [0.05, 0.1) is 23.7 Å². The zero-order valence-electron chi connectivity index (χ0n) is 23.1. The van der Waals surface area contributed by atoms with Crippen LogP contribution in [0.2, 0.25) is 0 Å². The minimum Gasteiger partial charge on any atom is -0.444 e. The van der Waals surface area contributed by atoms with Crippen LogP contribution in [0.25, 0.3) is 11.1 Å². The Morgan fingerprint density at radius 3 is 2.54 bits per heavy atom. The lowest BCUT2D eigenvalue weighted by Gasteiger charge is -2.35. The molecule has 9 heteroatoms. The number of piperidine rings is 1. The van der Waals surface area contributed by atoms with Gasteiger partial charge in [-0.1, -0.05) is 24.3 Å². The lowest BCUT2D eigenvalue weighted by molar-refractivity contribution is -0.126. The molecule has 1 aliphatic carbocycles. The highest BCUT2D eigenvalue weighted by Crippen LogP contribution is 2.44. The molecule has 2 aromatic carbocycles. The number of fused-ring (bicyclic) bond motifs is 2. The summed E-state index contributed by atoms with van der Waals surface area (Å²) in [4.78, 5) is 27.9. The molecule has 1 aliphatic heterocycles. The van der Waals surface area contributed by atoms with Crippen LogP contribution in [0.1, 0.15) is 52.0 Å². The number of carbonyl (C=O) groups is 2. The maximum absolute atomic E-state index is 15.2. The van der Waals surface area contributed by atoms with Crippen molar-refractivity contribution in [3.05, 3.63) is 53.8 Å². The summed E-state index contributed by atoms with van der Waals surface area (Å²) in [7, 11) is -2.33. The summed E-state index contributed by atoms with van der Waals surface area (Å²) in [6.07, 6.45) is 5.14. The molecule has 2 aromatic rings. The van der Waals surface area contributed by atoms with Gasteiger partial charge in [-0.05, 0) is 87.3 Å². The number of nitrogens with zero attached hydrogens (tertiary/aromatic N) is 3. The number of halogens is 1. The van der Waals surface area contributed by atoms with E-state index in [1.54, 1.807) is 68.5 Å². The van der Waals surface area contributed by atoms with Crippen LogP contribution in [0.3, 0.4) is 0 Å². The fourth-order valence-electron chi connectivity index (χ4n) is 5.66. The van der Waals surface area contributed by atoms with Crippen molar-refractivity contribution in [2.75, 3.05) is 12.5 Å². The molecule has 39 heavy (non-hydrogen) atoms. The van der Waals surface area contributed by atoms with Gasteiger partial charge in [0.25, 0.3) is 0 Å². The maximum Gasteiger partial charge on any atom is 0.411 e. The Balaban J connectivity index is 1.47. The van der Waals surface area contributed by atoms with Gasteiger partial charge < -0.3 is 4.74 Å². The second kappa shape index (κ2) is 11.1. The number of hydrogen-bond acceptors (Lipinski definition) is 6. The third-order valence-corrected chi connectivity index (χ3v) is 7.82. The Bertz CT molecular complexity index is 1430. The molecule has 2 bridgehead atoms. The number of nitriles is 1. The Hall–Kier alpha value is -3.25. The van der Waals surface area contributed by atoms with Crippen LogP contribution in [0.15, 0.2) is 46.8 Å². The van der Waals surface area contributed by atoms with Gasteiger partial charge in [0.15, 0.2) is 5.78 Å². The van der Waals surface area contributed by atoms with Gasteiger partial charge >= 0.3 is 6.09 Å². The van der Waals surface area contributed by atoms with Crippen molar-refractivity contribution in [2.45, 2.75) is 70.6 Å². The van der Waals surface area contributed by atoms with E-state index in [1.165, 1.54) is 6.07 Å². The quantitative estimate of drug-likeness (QED) is 0.402. The van der Waals surface area contributed by atoms with E-state index in [0.717, 1.165) is 24.8 Å². The predicted molar refractivity (Wildman–Crippen MR) is 149 cm³/mol. The van der Waals surface area contributed by atoms with Crippen LogP contribution < -0.4 is 0 Å². The van der Waals surface area contributed by atoms with E-state index < -0.39 is 39.2 Å². The zero-order chi connectivity index (χ0) is 28.5. The molecule has 0 radical (unpaired) electrons. The number of ketones is 1. The van der Waals surface area contributed by atoms with Gasteiger partial charge in [0, 0.05) is 34.7 Å². The second-order valence-corrected chi connectivity index (χ2v) is 14.4. The fourth-order valence-corrected chi connectivity index (χ4v) is 6.28. The van der Waals surface area contributed by atoms with Crippen molar-refractivity contribution in [2.24, 2.45) is 16.2 Å². The van der Waals surface area contributed by atoms with E-state index in [2.05, 4.69) is 10.4 Å². The van der Waals surface area contributed by atoms with Crippen molar-refractivity contribution >= 4 is 27.3 Å². The summed E-state index contributed by atoms with van der Waals surface area (Å²) in [5.74, 6) is -1.28. The summed E-state index contributed by atoms with van der Waals surface area (Å²) in [6, 6.07) is 13.5. The number of ether oxygens (including phenoxy) is 1. The molecule has 7 nitrogen and oxygen atoms in total. The molecule has 1 saturated carbocycles. The number of Topliss-reactive ketones (excluding diaryl/α,β-unsaturated/α-hetero) is 1. The fraction of sp³-hybridized carbons (Fsp3) is 0.500. The van der Waals surface area contributed by atoms with Crippen molar-refractivity contribution in [1.29, 1.82) is 5.26 Å². The highest BCUT2D eigenvalue weighted by Gasteiger charge is 2.52. The average Bonchev–Trinajstić information content (AvgIpc) is 3.45. The Labute approximate surface area is 230 Å². The highest BCUT2D eigenvalue weighted by molar-refractivity contribution is 7.92. The summed E-state index contributed by atoms with van der Waals surface area (Å²) >= 11 is 0. The van der Waals surface area contributed by atoms with Crippen molar-refractivity contribution < 1.29 is 22.9 Å². The first kappa shape index (κ1) is 28.8. The first-order chi connectivity index (χ1) is 18.2. The van der Waals surface area contributed by atoms with Crippen LogP contribution in [0, 0.1) is 29.0 Å². The normalized spacial score (nSPS) is 21.4. The molecular weight excluding hydrogens is 517 g/mol. The average molecular weight is 554 g/mol. The molecule has 2 fully saturated rings. The standard InChI is InChI=1S/C30H36FN3O4S/c1-30(2,3)38-29(36)34-25-12-11-23(16-25)28(34)27(35)14-19(18-32)13-22-10-9-21(17-26(22)31)20-7-6-8-24(15-20)33-39(4,5)37/h6-10,15,17,19,23,25,28H,11-14,16H2,1-5H3/t19-,23+,25-,28+/m1/s1. The van der Waals surface area contributed by atoms with Crippen molar-refractivity contribution in [3.8, 4) is 17.2 Å². The third-order valence-electron chi connectivity index (χ3n) is 7.17. The SMILES string of the molecule is CC(C)(C)OC(=O)N1[C@@H]2CC[C@@H](C2)[C@H]1C(=O)C[C@H](C#N)Cc1ccc(-c2cccc(N=S(C)(C)=O)c2)cc1F. The van der Waals surface area contributed by atoms with Gasteiger partial charge in [-0.25, -0.2) is 13.4 Å². The number of benzene rings is 2. The number of hydrogen-bond donors (Lipinski definition) is 0. The highest BCUT2D eigenvalue weighted by atomic mass is 32.2. The zero-order valence-corrected chi connectivity index (χ0v) is 24.0. The lowest BCUT2D eigenvalue weighted by Crippen LogP contribution is -2.51. The van der Waals surface area contributed by atoms with E-state index in [1.807, 2.05) is 6.07 Å². The maximum atomic E-state index is 15.2. The summed E-state index contributed by atoms with van der Waals surface area (Å²) in [5, 5.41) is 9.82. The summed E-state index contributed by atoms with van der Waals surface area (Å²) in [5.41, 5.74) is 1.59. The summed E-state index contributed by atoms with van der Waals surface area (Å²) < 4.78 is 37.0. The van der Waals surface area contributed by atoms with Crippen LogP contribution in [0.5, 0.6) is 0 Å². The van der Waals surface area contributed by atoms with Crippen LogP contribution in [-0.4, -0.2) is 51.2 Å². The smallest absolute Gasteiger partial charge is 0.411 e. The minimum absolute atomic E-state index is 0.0169. The van der Waals surface area contributed by atoms with E-state index in [9.17, 15) is 19.1 Å².